The molecule has 0 amide bonds. The molecular weight excluding hydrogens is 280 g/mol. The Morgan fingerprint density at radius 2 is 2.00 bits per heavy atom. The van der Waals surface area contributed by atoms with Crippen molar-refractivity contribution in [2.24, 2.45) is 7.05 Å². The number of para-hydroxylation sites is 1. The number of aryl methyl sites for hydroxylation is 3. The molecule has 2 aromatic rings. The second-order valence-electron chi connectivity index (χ2n) is 5.09. The van der Waals surface area contributed by atoms with E-state index in [0.29, 0.717) is 11.7 Å². The second kappa shape index (κ2) is 6.72. The quantitative estimate of drug-likeness (QED) is 0.852. The average Bonchev–Trinajstić information content (AvgIpc) is 2.71. The minimum atomic E-state index is 0.638. The maximum atomic E-state index is 5.39. The van der Waals surface area contributed by atoms with Gasteiger partial charge in [0.15, 0.2) is 5.11 Å². The van der Waals surface area contributed by atoms with E-state index in [1.54, 1.807) is 0 Å². The molecule has 0 unspecified atom stereocenters. The number of thiocarbonyl (C=S) groups is 1. The first-order valence-electron chi connectivity index (χ1n) is 7.14. The van der Waals surface area contributed by atoms with Crippen LogP contribution < -0.4 is 10.6 Å². The Morgan fingerprint density at radius 3 is 2.62 bits per heavy atom. The number of hydrogen-bond acceptors (Lipinski definition) is 2. The monoisotopic (exact) mass is 302 g/mol. The van der Waals surface area contributed by atoms with E-state index in [0.717, 1.165) is 23.5 Å². The maximum Gasteiger partial charge on any atom is 0.171 e. The number of benzene rings is 1. The predicted molar refractivity (Wildman–Crippen MR) is 91.6 cm³/mol. The third kappa shape index (κ3) is 3.61. The zero-order valence-corrected chi connectivity index (χ0v) is 13.8. The molecule has 2 rings (SSSR count). The van der Waals surface area contributed by atoms with Crippen molar-refractivity contribution in [3.63, 3.8) is 0 Å². The van der Waals surface area contributed by atoms with Crippen LogP contribution in [0.5, 0.6) is 0 Å². The molecule has 1 heterocycles. The van der Waals surface area contributed by atoms with E-state index in [4.69, 9.17) is 12.2 Å². The van der Waals surface area contributed by atoms with E-state index < -0.39 is 0 Å². The van der Waals surface area contributed by atoms with E-state index in [2.05, 4.69) is 35.6 Å². The number of nitrogens with one attached hydrogen (secondary N) is 2. The summed E-state index contributed by atoms with van der Waals surface area (Å²) in [5, 5.41) is 11.6. The highest BCUT2D eigenvalue weighted by molar-refractivity contribution is 7.80. The summed E-state index contributed by atoms with van der Waals surface area (Å²) >= 11 is 5.39. The molecule has 0 aliphatic carbocycles. The first-order chi connectivity index (χ1) is 10.0. The summed E-state index contributed by atoms with van der Waals surface area (Å²) in [6.45, 7) is 6.91. The maximum absolute atomic E-state index is 5.39. The Labute approximate surface area is 131 Å². The molecule has 2 N–H and O–H groups in total. The lowest BCUT2D eigenvalue weighted by molar-refractivity contribution is 0.729. The lowest BCUT2D eigenvalue weighted by atomic mass is 10.1. The molecule has 4 nitrogen and oxygen atoms in total. The fourth-order valence-electron chi connectivity index (χ4n) is 2.36. The number of aromatic nitrogens is 2. The summed E-state index contributed by atoms with van der Waals surface area (Å²) in [4.78, 5) is 0. The Bertz CT molecular complexity index is 646. The SMILES string of the molecule is CCc1ccccc1NC(=S)NCc1c(C)nn(C)c1C. The van der Waals surface area contributed by atoms with Gasteiger partial charge in [-0.3, -0.25) is 4.68 Å². The topological polar surface area (TPSA) is 41.9 Å². The first kappa shape index (κ1) is 15.5. The van der Waals surface area contributed by atoms with Gasteiger partial charge in [0.25, 0.3) is 0 Å². The molecule has 1 aromatic heterocycles. The van der Waals surface area contributed by atoms with Crippen molar-refractivity contribution < 1.29 is 0 Å². The Balaban J connectivity index is 1.99. The van der Waals surface area contributed by atoms with E-state index in [1.807, 2.05) is 36.9 Å². The van der Waals surface area contributed by atoms with Gasteiger partial charge >= 0.3 is 0 Å². The van der Waals surface area contributed by atoms with Crippen LogP contribution in [-0.4, -0.2) is 14.9 Å². The second-order valence-corrected chi connectivity index (χ2v) is 5.50. The smallest absolute Gasteiger partial charge is 0.171 e. The van der Waals surface area contributed by atoms with Gasteiger partial charge in [0.1, 0.15) is 0 Å². The standard InChI is InChI=1S/C16H22N4S/c1-5-13-8-6-7-9-15(13)18-16(21)17-10-14-11(2)19-20(4)12(14)3/h6-9H,5,10H2,1-4H3,(H2,17,18,21). The first-order valence-corrected chi connectivity index (χ1v) is 7.55. The van der Waals surface area contributed by atoms with Crippen molar-refractivity contribution in [3.05, 3.63) is 46.8 Å². The summed E-state index contributed by atoms with van der Waals surface area (Å²) in [6.07, 6.45) is 0.979. The molecule has 0 aliphatic heterocycles. The molecule has 0 saturated heterocycles. The lowest BCUT2D eigenvalue weighted by Crippen LogP contribution is -2.28. The minimum absolute atomic E-state index is 0.638. The van der Waals surface area contributed by atoms with Gasteiger partial charge in [-0.1, -0.05) is 25.1 Å². The molecular formula is C16H22N4S. The van der Waals surface area contributed by atoms with E-state index >= 15 is 0 Å². The van der Waals surface area contributed by atoms with Crippen LogP contribution in [0.15, 0.2) is 24.3 Å². The summed E-state index contributed by atoms with van der Waals surface area (Å²) < 4.78 is 1.90. The largest absolute Gasteiger partial charge is 0.358 e. The highest BCUT2D eigenvalue weighted by atomic mass is 32.1. The van der Waals surface area contributed by atoms with Gasteiger partial charge in [-0.2, -0.15) is 5.10 Å². The predicted octanol–water partition coefficient (Wildman–Crippen LogP) is 3.09. The minimum Gasteiger partial charge on any atom is -0.358 e. The molecule has 0 aliphatic rings. The molecule has 0 atom stereocenters. The van der Waals surface area contributed by atoms with Crippen molar-refractivity contribution >= 4 is 23.0 Å². The van der Waals surface area contributed by atoms with Crippen LogP contribution in [0.25, 0.3) is 0 Å². The van der Waals surface area contributed by atoms with Crippen molar-refractivity contribution in [1.29, 1.82) is 0 Å². The third-order valence-electron chi connectivity index (χ3n) is 3.73. The zero-order valence-electron chi connectivity index (χ0n) is 13.0. The van der Waals surface area contributed by atoms with Gasteiger partial charge in [0.2, 0.25) is 0 Å². The fraction of sp³-hybridized carbons (Fsp3) is 0.375. The molecule has 0 radical (unpaired) electrons. The van der Waals surface area contributed by atoms with Crippen molar-refractivity contribution in [2.45, 2.75) is 33.7 Å². The number of nitrogens with zero attached hydrogens (tertiary/aromatic N) is 2. The highest BCUT2D eigenvalue weighted by Gasteiger charge is 2.09. The van der Waals surface area contributed by atoms with Crippen LogP contribution in [0.1, 0.15) is 29.4 Å². The Hall–Kier alpha value is -1.88. The van der Waals surface area contributed by atoms with Gasteiger partial charge in [-0.05, 0) is 44.1 Å². The van der Waals surface area contributed by atoms with Crippen molar-refractivity contribution in [2.75, 3.05) is 5.32 Å². The molecule has 21 heavy (non-hydrogen) atoms. The van der Waals surface area contributed by atoms with Crippen molar-refractivity contribution in [3.8, 4) is 0 Å². The molecule has 0 spiro atoms. The highest BCUT2D eigenvalue weighted by Crippen LogP contribution is 2.15. The molecule has 1 aromatic carbocycles. The Kier molecular flexibility index (Phi) is 4.96. The molecule has 0 fully saturated rings. The van der Waals surface area contributed by atoms with Gasteiger partial charge in [-0.15, -0.1) is 0 Å². The van der Waals surface area contributed by atoms with Crippen LogP contribution in [0.4, 0.5) is 5.69 Å². The zero-order chi connectivity index (χ0) is 15.4. The Morgan fingerprint density at radius 1 is 1.29 bits per heavy atom. The van der Waals surface area contributed by atoms with E-state index in [-0.39, 0.29) is 0 Å². The average molecular weight is 302 g/mol. The summed E-state index contributed by atoms with van der Waals surface area (Å²) in [5.41, 5.74) is 5.73. The normalized spacial score (nSPS) is 10.5. The third-order valence-corrected chi connectivity index (χ3v) is 3.98. The molecule has 0 bridgehead atoms. The molecule has 0 saturated carbocycles. The van der Waals surface area contributed by atoms with Gasteiger partial charge < -0.3 is 10.6 Å². The van der Waals surface area contributed by atoms with E-state index in [9.17, 15) is 0 Å². The molecule has 112 valence electrons. The van der Waals surface area contributed by atoms with Gasteiger partial charge in [0.05, 0.1) is 5.69 Å². The van der Waals surface area contributed by atoms with Crippen molar-refractivity contribution in [1.82, 2.24) is 15.1 Å². The number of rotatable bonds is 4. The number of anilines is 1. The van der Waals surface area contributed by atoms with Crippen LogP contribution >= 0.6 is 12.2 Å². The van der Waals surface area contributed by atoms with E-state index in [1.165, 1.54) is 11.1 Å². The van der Waals surface area contributed by atoms with Gasteiger partial charge in [0, 0.05) is 30.5 Å². The molecule has 5 heteroatoms. The summed E-state index contributed by atoms with van der Waals surface area (Å²) in [6, 6.07) is 8.22. The summed E-state index contributed by atoms with van der Waals surface area (Å²) in [7, 11) is 1.96. The van der Waals surface area contributed by atoms with Crippen LogP contribution in [0, 0.1) is 13.8 Å². The number of hydrogen-bond donors (Lipinski definition) is 2. The van der Waals surface area contributed by atoms with Crippen LogP contribution in [0.2, 0.25) is 0 Å². The van der Waals surface area contributed by atoms with Crippen LogP contribution in [0.3, 0.4) is 0 Å². The summed E-state index contributed by atoms with van der Waals surface area (Å²) in [5.74, 6) is 0. The lowest BCUT2D eigenvalue weighted by Gasteiger charge is -2.13. The van der Waals surface area contributed by atoms with Gasteiger partial charge in [-0.25, -0.2) is 0 Å². The fourth-order valence-corrected chi connectivity index (χ4v) is 2.54. The van der Waals surface area contributed by atoms with Crippen LogP contribution in [-0.2, 0) is 20.0 Å².